The second-order valence-electron chi connectivity index (χ2n) is 29.2. The van der Waals surface area contributed by atoms with E-state index in [4.69, 9.17) is 28.4 Å². The summed E-state index contributed by atoms with van der Waals surface area (Å²) in [6.07, 6.45) is 63.5. The van der Waals surface area contributed by atoms with Crippen LogP contribution in [0.3, 0.4) is 0 Å². The average molecular weight is 1490 g/mol. The van der Waals surface area contributed by atoms with Gasteiger partial charge in [-0.15, -0.1) is 0 Å². The van der Waals surface area contributed by atoms with Gasteiger partial charge in [-0.1, -0.05) is 316 Å². The Balaban J connectivity index is 1.35. The Morgan fingerprint density at radius 1 is 0.352 bits per heavy atom. The SMILES string of the molecule is CC/C=C\C/C=C\C/C=C\C/C=C\C/C=C\C/C=C\C/C=C\C/C=C\CCCCCCCCCCCCCCC(=O)NC(COC1OC(CO)C(OC2OC(CO)C(OC3OC(CO)C(O)C(O)C3O)C(O)C2O)C(O)C1O)C(O)/C=C/CCCCCCCCCCCCCCCCCCCCCCC. The van der Waals surface area contributed by atoms with Gasteiger partial charge in [0.25, 0.3) is 0 Å². The molecular formula is C86H149NO18. The maximum Gasteiger partial charge on any atom is 0.220 e. The topological polar surface area (TPSA) is 307 Å². The Bertz CT molecular complexity index is 2320. The first kappa shape index (κ1) is 95.7. The van der Waals surface area contributed by atoms with Gasteiger partial charge < -0.3 is 89.9 Å². The van der Waals surface area contributed by atoms with Crippen LogP contribution < -0.4 is 5.32 Å². The monoisotopic (exact) mass is 1480 g/mol. The molecule has 3 aliphatic heterocycles. The van der Waals surface area contributed by atoms with Gasteiger partial charge in [0, 0.05) is 6.42 Å². The molecule has 0 aromatic carbocycles. The zero-order valence-corrected chi connectivity index (χ0v) is 64.9. The Labute approximate surface area is 634 Å². The fraction of sp³-hybridized carbons (Fsp3) is 0.779. The first-order valence-corrected chi connectivity index (χ1v) is 41.6. The van der Waals surface area contributed by atoms with E-state index in [2.05, 4.69) is 116 Å². The molecule has 17 unspecified atom stereocenters. The number of nitrogens with one attached hydrogen (secondary N) is 1. The van der Waals surface area contributed by atoms with E-state index >= 15 is 0 Å². The number of hydrogen-bond acceptors (Lipinski definition) is 18. The normalized spacial score (nSPS) is 26.4. The van der Waals surface area contributed by atoms with Crippen LogP contribution >= 0.6 is 0 Å². The zero-order valence-electron chi connectivity index (χ0n) is 64.9. The molecule has 19 nitrogen and oxygen atoms in total. The Hall–Kier alpha value is -3.55. The van der Waals surface area contributed by atoms with Crippen LogP contribution in [0.2, 0.25) is 0 Å². The number of amides is 1. The van der Waals surface area contributed by atoms with Gasteiger partial charge in [-0.3, -0.25) is 4.79 Å². The van der Waals surface area contributed by atoms with Gasteiger partial charge in [-0.2, -0.15) is 0 Å². The number of aliphatic hydroxyl groups is 11. The summed E-state index contributed by atoms with van der Waals surface area (Å²) in [5, 5.41) is 121. The Morgan fingerprint density at radius 3 is 1.03 bits per heavy atom. The van der Waals surface area contributed by atoms with Crippen LogP contribution in [0, 0.1) is 0 Å². The van der Waals surface area contributed by atoms with Crippen LogP contribution in [0.5, 0.6) is 0 Å². The van der Waals surface area contributed by atoms with Gasteiger partial charge in [0.2, 0.25) is 5.91 Å². The van der Waals surface area contributed by atoms with Crippen molar-refractivity contribution < 1.29 is 89.4 Å². The third-order valence-electron chi connectivity index (χ3n) is 20.1. The first-order valence-electron chi connectivity index (χ1n) is 41.6. The number of hydrogen-bond donors (Lipinski definition) is 12. The first-order chi connectivity index (χ1) is 51.3. The second-order valence-corrected chi connectivity index (χ2v) is 29.2. The molecule has 17 atom stereocenters. The summed E-state index contributed by atoms with van der Waals surface area (Å²) in [6.45, 7) is 1.64. The summed E-state index contributed by atoms with van der Waals surface area (Å²) in [4.78, 5) is 13.5. The molecule has 105 heavy (non-hydrogen) atoms. The summed E-state index contributed by atoms with van der Waals surface area (Å²) >= 11 is 0. The van der Waals surface area contributed by atoms with E-state index in [1.54, 1.807) is 6.08 Å². The standard InChI is InChI=1S/C86H149NO18/c1-3-5-7-9-11-13-15-17-19-21-23-25-27-28-29-30-31-32-33-34-35-36-37-38-39-40-42-44-46-48-50-52-54-56-58-60-62-64-74(92)87-69(70(91)63-61-59-57-55-53-51-49-47-45-43-41-26-24-22-20-18-16-14-12-10-8-6-4-2)68-100-84-80(98)77(95)82(72(66-89)102-84)105-86-81(99)78(96)83(73(67-90)103-86)104-85-79(97)76(94)75(93)71(65-88)101-85/h5,7,11,13,17,19,23,25,28-29,31-32,34-35,37-38,61,63,69-73,75-86,88-91,93-99H,3-4,6,8-10,12,14-16,18,20-22,24,26-27,30,33,36,39-60,62,64-68H2,1-2H3,(H,87,92)/b7-5-,13-11-,19-17-,25-23-,29-28-,32-31-,35-34-,38-37-,63-61+. The smallest absolute Gasteiger partial charge is 0.220 e. The lowest BCUT2D eigenvalue weighted by Gasteiger charge is -2.48. The molecule has 3 rings (SSSR count). The van der Waals surface area contributed by atoms with E-state index in [1.165, 1.54) is 161 Å². The highest BCUT2D eigenvalue weighted by atomic mass is 16.8. The number of allylic oxidation sites excluding steroid dienone is 17. The van der Waals surface area contributed by atoms with E-state index in [0.717, 1.165) is 109 Å². The maximum atomic E-state index is 13.5. The summed E-state index contributed by atoms with van der Waals surface area (Å²) in [5.74, 6) is -0.279. The van der Waals surface area contributed by atoms with Crippen LogP contribution in [-0.2, 0) is 33.2 Å². The fourth-order valence-electron chi connectivity index (χ4n) is 13.4. The largest absolute Gasteiger partial charge is 0.394 e. The van der Waals surface area contributed by atoms with Crippen molar-refractivity contribution in [2.75, 3.05) is 26.4 Å². The highest BCUT2D eigenvalue weighted by molar-refractivity contribution is 5.76. The number of ether oxygens (including phenoxy) is 6. The van der Waals surface area contributed by atoms with Gasteiger partial charge >= 0.3 is 0 Å². The molecule has 3 fully saturated rings. The van der Waals surface area contributed by atoms with Gasteiger partial charge in [-0.05, 0) is 83.5 Å². The van der Waals surface area contributed by atoms with Crippen LogP contribution in [0.1, 0.15) is 296 Å². The highest BCUT2D eigenvalue weighted by Crippen LogP contribution is 2.33. The predicted octanol–water partition coefficient (Wildman–Crippen LogP) is 14.5. The van der Waals surface area contributed by atoms with E-state index in [0.29, 0.717) is 6.42 Å². The molecule has 1 amide bonds. The molecule has 12 N–H and O–H groups in total. The quantitative estimate of drug-likeness (QED) is 0.0199. The minimum atomic E-state index is -1.98. The molecule has 0 saturated carbocycles. The lowest BCUT2D eigenvalue weighted by atomic mass is 9.96. The van der Waals surface area contributed by atoms with Crippen LogP contribution in [0.15, 0.2) is 109 Å². The molecule has 0 radical (unpaired) electrons. The van der Waals surface area contributed by atoms with Crippen molar-refractivity contribution >= 4 is 5.91 Å². The molecule has 0 spiro atoms. The summed E-state index contributed by atoms with van der Waals surface area (Å²) in [7, 11) is 0. The van der Waals surface area contributed by atoms with Gasteiger partial charge in [0.05, 0.1) is 38.6 Å². The number of rotatable bonds is 65. The minimum Gasteiger partial charge on any atom is -0.394 e. The Kier molecular flexibility index (Phi) is 59.4. The summed E-state index contributed by atoms with van der Waals surface area (Å²) < 4.78 is 34.5. The van der Waals surface area contributed by atoms with E-state index in [9.17, 15) is 61.0 Å². The van der Waals surface area contributed by atoms with Crippen LogP contribution in [-0.4, -0.2) is 193 Å². The van der Waals surface area contributed by atoms with Crippen molar-refractivity contribution in [1.29, 1.82) is 0 Å². The molecule has 3 aliphatic rings. The number of aliphatic hydroxyl groups excluding tert-OH is 11. The number of carbonyl (C=O) groups excluding carboxylic acids is 1. The van der Waals surface area contributed by atoms with Crippen molar-refractivity contribution in [3.8, 4) is 0 Å². The van der Waals surface area contributed by atoms with Crippen LogP contribution in [0.4, 0.5) is 0 Å². The summed E-state index contributed by atoms with van der Waals surface area (Å²) in [5.41, 5.74) is 0. The molecule has 3 heterocycles. The van der Waals surface area contributed by atoms with E-state index < -0.39 is 124 Å². The molecular weight excluding hydrogens is 1330 g/mol. The maximum absolute atomic E-state index is 13.5. The third kappa shape index (κ3) is 44.8. The van der Waals surface area contributed by atoms with Crippen molar-refractivity contribution in [2.45, 2.75) is 401 Å². The van der Waals surface area contributed by atoms with Gasteiger partial charge in [0.1, 0.15) is 73.2 Å². The molecule has 0 bridgehead atoms. The van der Waals surface area contributed by atoms with Crippen molar-refractivity contribution in [3.05, 3.63) is 109 Å². The predicted molar refractivity (Wildman–Crippen MR) is 420 cm³/mol. The van der Waals surface area contributed by atoms with Crippen molar-refractivity contribution in [1.82, 2.24) is 5.32 Å². The second kappa shape index (κ2) is 65.2. The molecule has 0 aliphatic carbocycles. The lowest BCUT2D eigenvalue weighted by molar-refractivity contribution is -0.379. The average Bonchev–Trinajstić information content (AvgIpc) is 0.779. The third-order valence-corrected chi connectivity index (χ3v) is 20.1. The van der Waals surface area contributed by atoms with Gasteiger partial charge in [0.15, 0.2) is 18.9 Å². The lowest BCUT2D eigenvalue weighted by Crippen LogP contribution is -2.66. The number of carbonyl (C=O) groups is 1. The van der Waals surface area contributed by atoms with Crippen molar-refractivity contribution in [2.24, 2.45) is 0 Å². The molecule has 606 valence electrons. The van der Waals surface area contributed by atoms with Crippen molar-refractivity contribution in [3.63, 3.8) is 0 Å². The highest BCUT2D eigenvalue weighted by Gasteiger charge is 2.54. The van der Waals surface area contributed by atoms with Crippen LogP contribution in [0.25, 0.3) is 0 Å². The molecule has 3 saturated heterocycles. The molecule has 19 heteroatoms. The van der Waals surface area contributed by atoms with Gasteiger partial charge in [-0.25, -0.2) is 0 Å². The van der Waals surface area contributed by atoms with E-state index in [1.807, 2.05) is 6.08 Å². The Morgan fingerprint density at radius 2 is 0.657 bits per heavy atom. The molecule has 0 aromatic heterocycles. The fourth-order valence-corrected chi connectivity index (χ4v) is 13.4. The zero-order chi connectivity index (χ0) is 76.0. The minimum absolute atomic E-state index is 0.235. The summed E-state index contributed by atoms with van der Waals surface area (Å²) in [6, 6.07) is -0.982. The molecule has 0 aromatic rings. The number of unbranched alkanes of at least 4 members (excludes halogenated alkanes) is 33. The van der Waals surface area contributed by atoms with E-state index in [-0.39, 0.29) is 18.9 Å².